The summed E-state index contributed by atoms with van der Waals surface area (Å²) in [5.41, 5.74) is -0.560. The van der Waals surface area contributed by atoms with E-state index in [9.17, 15) is 21.6 Å². The van der Waals surface area contributed by atoms with Crippen LogP contribution < -0.4 is 5.32 Å². The average Bonchev–Trinajstić information content (AvgIpc) is 2.66. The summed E-state index contributed by atoms with van der Waals surface area (Å²) >= 11 is 3.30. The van der Waals surface area contributed by atoms with Gasteiger partial charge in [0, 0.05) is 23.8 Å². The molecule has 31 heavy (non-hydrogen) atoms. The molecule has 1 aliphatic heterocycles. The van der Waals surface area contributed by atoms with Crippen LogP contribution in [0.15, 0.2) is 58.6 Å². The minimum absolute atomic E-state index is 0.0996. The first-order valence-electron chi connectivity index (χ1n) is 9.56. The van der Waals surface area contributed by atoms with E-state index in [2.05, 4.69) is 32.8 Å². The van der Waals surface area contributed by atoms with E-state index >= 15 is 0 Å². The predicted octanol–water partition coefficient (Wildman–Crippen LogP) is 5.62. The van der Waals surface area contributed by atoms with Gasteiger partial charge < -0.3 is 5.32 Å². The summed E-state index contributed by atoms with van der Waals surface area (Å²) in [6.45, 7) is 7.81. The molecule has 1 aliphatic rings. The zero-order chi connectivity index (χ0) is 23.0. The molecule has 1 aromatic heterocycles. The highest BCUT2D eigenvalue weighted by Crippen LogP contribution is 2.41. The third-order valence-corrected chi connectivity index (χ3v) is 7.55. The fourth-order valence-electron chi connectivity index (χ4n) is 3.57. The number of hydrogen-bond acceptors (Lipinski definition) is 4. The normalized spacial score (nSPS) is 17.6. The van der Waals surface area contributed by atoms with E-state index in [-0.39, 0.29) is 24.2 Å². The van der Waals surface area contributed by atoms with Crippen LogP contribution in [0.5, 0.6) is 0 Å². The van der Waals surface area contributed by atoms with Gasteiger partial charge in [0.1, 0.15) is 4.90 Å². The molecule has 168 valence electrons. The quantitative estimate of drug-likeness (QED) is 0.484. The summed E-state index contributed by atoms with van der Waals surface area (Å²) in [7, 11) is -4.13. The van der Waals surface area contributed by atoms with Crippen LogP contribution in [0.1, 0.15) is 37.6 Å². The second kappa shape index (κ2) is 8.55. The van der Waals surface area contributed by atoms with E-state index in [1.165, 1.54) is 4.31 Å². The first-order valence-corrected chi connectivity index (χ1v) is 11.8. The molecule has 1 atom stereocenters. The number of nitrogens with one attached hydrogen (secondary N) is 1. The Kier molecular flexibility index (Phi) is 6.55. The Morgan fingerprint density at radius 1 is 1.32 bits per heavy atom. The molecular formula is C21H23BrF3N3O2S. The molecule has 0 amide bonds. The number of sulfonamides is 1. The molecule has 5 nitrogen and oxygen atoms in total. The zero-order valence-corrected chi connectivity index (χ0v) is 19.5. The maximum atomic E-state index is 13.3. The average molecular weight is 518 g/mol. The van der Waals surface area contributed by atoms with Crippen molar-refractivity contribution in [2.45, 2.75) is 37.4 Å². The summed E-state index contributed by atoms with van der Waals surface area (Å²) in [6.07, 6.45) is -0.723. The van der Waals surface area contributed by atoms with Gasteiger partial charge in [0.2, 0.25) is 10.0 Å². The highest BCUT2D eigenvalue weighted by atomic mass is 79.9. The lowest BCUT2D eigenvalue weighted by Gasteiger charge is -2.46. The molecule has 0 spiro atoms. The maximum absolute atomic E-state index is 13.3. The molecule has 0 bridgehead atoms. The maximum Gasteiger partial charge on any atom is 0.416 e. The van der Waals surface area contributed by atoms with Gasteiger partial charge >= 0.3 is 6.18 Å². The van der Waals surface area contributed by atoms with Crippen molar-refractivity contribution in [3.63, 3.8) is 0 Å². The van der Waals surface area contributed by atoms with Crippen molar-refractivity contribution in [1.29, 1.82) is 0 Å². The number of nitrogens with zero attached hydrogens (tertiary/aromatic N) is 2. The van der Waals surface area contributed by atoms with E-state index in [0.717, 1.165) is 16.6 Å². The summed E-state index contributed by atoms with van der Waals surface area (Å²) in [5.74, 6) is 0. The third kappa shape index (κ3) is 5.12. The Morgan fingerprint density at radius 2 is 2.00 bits per heavy atom. The van der Waals surface area contributed by atoms with Crippen molar-refractivity contribution >= 4 is 31.6 Å². The van der Waals surface area contributed by atoms with Crippen LogP contribution in [-0.2, 0) is 16.2 Å². The number of rotatable bonds is 7. The summed E-state index contributed by atoms with van der Waals surface area (Å²) in [4.78, 5) is 3.87. The predicted molar refractivity (Wildman–Crippen MR) is 117 cm³/mol. The smallest absolute Gasteiger partial charge is 0.376 e. The fourth-order valence-corrected chi connectivity index (χ4v) is 5.73. The van der Waals surface area contributed by atoms with Crippen LogP contribution in [0, 0.1) is 5.41 Å². The first kappa shape index (κ1) is 23.7. The molecule has 1 N–H and O–H groups in total. The molecule has 10 heteroatoms. The fraction of sp³-hybridized carbons (Fsp3) is 0.381. The highest BCUT2D eigenvalue weighted by Gasteiger charge is 2.45. The van der Waals surface area contributed by atoms with Crippen LogP contribution >= 0.6 is 15.9 Å². The minimum atomic E-state index is -4.66. The van der Waals surface area contributed by atoms with Crippen LogP contribution in [0.25, 0.3) is 0 Å². The number of halogens is 4. The number of anilines is 1. The molecule has 1 unspecified atom stereocenters. The van der Waals surface area contributed by atoms with Crippen molar-refractivity contribution in [2.24, 2.45) is 5.41 Å². The van der Waals surface area contributed by atoms with E-state index < -0.39 is 32.7 Å². The topological polar surface area (TPSA) is 62.3 Å². The molecule has 0 aliphatic carbocycles. The van der Waals surface area contributed by atoms with Crippen molar-refractivity contribution in [3.05, 3.63) is 64.9 Å². The third-order valence-electron chi connectivity index (χ3n) is 5.25. The lowest BCUT2D eigenvalue weighted by atomic mass is 9.81. The molecular weight excluding hydrogens is 495 g/mol. The summed E-state index contributed by atoms with van der Waals surface area (Å²) in [5, 5.41) is 3.01. The van der Waals surface area contributed by atoms with E-state index in [1.54, 1.807) is 31.3 Å². The number of aromatic nitrogens is 1. The van der Waals surface area contributed by atoms with Crippen LogP contribution in [0.2, 0.25) is 0 Å². The number of alkyl halides is 3. The second-order valence-corrected chi connectivity index (χ2v) is 10.9. The van der Waals surface area contributed by atoms with Gasteiger partial charge in [0.05, 0.1) is 23.0 Å². The van der Waals surface area contributed by atoms with E-state index in [4.69, 9.17) is 0 Å². The lowest BCUT2D eigenvalue weighted by molar-refractivity contribution is -0.137. The Labute approximate surface area is 188 Å². The molecule has 2 aromatic rings. The Hall–Kier alpha value is -1.91. The molecule has 1 saturated heterocycles. The molecule has 3 rings (SSSR count). The van der Waals surface area contributed by atoms with Crippen molar-refractivity contribution in [1.82, 2.24) is 9.29 Å². The van der Waals surface area contributed by atoms with Crippen LogP contribution in [-0.4, -0.2) is 30.8 Å². The Morgan fingerprint density at radius 3 is 2.55 bits per heavy atom. The lowest BCUT2D eigenvalue weighted by Crippen LogP contribution is -2.56. The molecule has 0 saturated carbocycles. The van der Waals surface area contributed by atoms with Gasteiger partial charge in [-0.25, -0.2) is 8.42 Å². The number of benzene rings is 1. The molecule has 1 fully saturated rings. The Balaban J connectivity index is 1.96. The molecule has 1 aromatic carbocycles. The monoisotopic (exact) mass is 517 g/mol. The number of pyridine rings is 1. The Bertz CT molecular complexity index is 1070. The highest BCUT2D eigenvalue weighted by molar-refractivity contribution is 9.10. The van der Waals surface area contributed by atoms with Gasteiger partial charge in [-0.1, -0.05) is 13.0 Å². The number of hydrogen-bond donors (Lipinski definition) is 1. The van der Waals surface area contributed by atoms with E-state index in [1.807, 2.05) is 6.92 Å². The van der Waals surface area contributed by atoms with Crippen molar-refractivity contribution in [3.8, 4) is 0 Å². The van der Waals surface area contributed by atoms with Gasteiger partial charge in [0.15, 0.2) is 0 Å². The van der Waals surface area contributed by atoms with Gasteiger partial charge in [-0.05, 0) is 65.0 Å². The zero-order valence-electron chi connectivity index (χ0n) is 17.1. The van der Waals surface area contributed by atoms with Gasteiger partial charge in [0.25, 0.3) is 0 Å². The largest absolute Gasteiger partial charge is 0.416 e. The summed E-state index contributed by atoms with van der Waals surface area (Å²) < 4.78 is 68.4. The minimum Gasteiger partial charge on any atom is -0.376 e. The van der Waals surface area contributed by atoms with Gasteiger partial charge in [-0.3, -0.25) is 4.98 Å². The summed E-state index contributed by atoms with van der Waals surface area (Å²) in [6, 6.07) is 5.83. The van der Waals surface area contributed by atoms with Crippen molar-refractivity contribution in [2.75, 3.05) is 18.4 Å². The molecule has 2 heterocycles. The molecule has 0 radical (unpaired) electrons. The SMILES string of the molecule is C=CCC1(C)CN(S(=O)(=O)c2cc(C(F)(F)F)ccc2NC(C)c2ccc(Br)cn2)C1. The number of allylic oxidation sites excluding steroid dienone is 1. The van der Waals surface area contributed by atoms with Gasteiger partial charge in [-0.15, -0.1) is 6.58 Å². The van der Waals surface area contributed by atoms with Gasteiger partial charge in [-0.2, -0.15) is 17.5 Å². The first-order chi connectivity index (χ1) is 14.4. The van der Waals surface area contributed by atoms with Crippen LogP contribution in [0.3, 0.4) is 0 Å². The van der Waals surface area contributed by atoms with Crippen LogP contribution in [0.4, 0.5) is 18.9 Å². The van der Waals surface area contributed by atoms with E-state index in [0.29, 0.717) is 18.2 Å². The second-order valence-electron chi connectivity index (χ2n) is 8.05. The van der Waals surface area contributed by atoms with Crippen molar-refractivity contribution < 1.29 is 21.6 Å². The standard InChI is InChI=1S/C21H23BrF3N3O2S/c1-4-9-20(3)12-28(13-20)31(29,30)19-10-15(21(23,24)25)5-7-18(19)27-14(2)17-8-6-16(22)11-26-17/h4-8,10-11,14,27H,1,9,12-13H2,2-3H3.